The van der Waals surface area contributed by atoms with Crippen molar-refractivity contribution in [3.63, 3.8) is 0 Å². The molecule has 0 radical (unpaired) electrons. The summed E-state index contributed by atoms with van der Waals surface area (Å²) >= 11 is 3.65. The molecule has 2 unspecified atom stereocenters. The Kier molecular flexibility index (Phi) is 4.14. The van der Waals surface area contributed by atoms with Crippen LogP contribution in [0.2, 0.25) is 0 Å². The second-order valence-corrected chi connectivity index (χ2v) is 6.32. The molecule has 1 aromatic rings. The molecule has 2 heterocycles. The molecule has 1 aliphatic rings. The van der Waals surface area contributed by atoms with Gasteiger partial charge in [-0.2, -0.15) is 5.10 Å². The third kappa shape index (κ3) is 2.63. The number of rotatable bonds is 2. The molecule has 2 rings (SSSR count). The molecule has 18 heavy (non-hydrogen) atoms. The molecule has 4 nitrogen and oxygen atoms in total. The van der Waals surface area contributed by atoms with Crippen LogP contribution in [-0.4, -0.2) is 51.8 Å². The van der Waals surface area contributed by atoms with Crippen molar-refractivity contribution in [2.24, 2.45) is 7.05 Å². The smallest absolute Gasteiger partial charge is 0.0739 e. The second kappa shape index (κ2) is 5.31. The SMILES string of the molecule is Cc1nn(C)c(CN2CC(C)N(C)C(C)C2)c1Br. The lowest BCUT2D eigenvalue weighted by atomic mass is 10.1. The zero-order valence-electron chi connectivity index (χ0n) is 11.9. The van der Waals surface area contributed by atoms with Crippen LogP contribution in [0.1, 0.15) is 25.2 Å². The maximum atomic E-state index is 4.46. The van der Waals surface area contributed by atoms with Gasteiger partial charge in [-0.1, -0.05) is 0 Å². The van der Waals surface area contributed by atoms with E-state index in [1.165, 1.54) is 5.69 Å². The van der Waals surface area contributed by atoms with Crippen molar-refractivity contribution >= 4 is 15.9 Å². The van der Waals surface area contributed by atoms with Gasteiger partial charge >= 0.3 is 0 Å². The Hall–Kier alpha value is -0.390. The molecular formula is C13H23BrN4. The Balaban J connectivity index is 2.10. The molecule has 0 spiro atoms. The van der Waals surface area contributed by atoms with E-state index in [2.05, 4.69) is 51.7 Å². The molecule has 0 bridgehead atoms. The Morgan fingerprint density at radius 3 is 2.22 bits per heavy atom. The number of likely N-dealkylation sites (N-methyl/N-ethyl adjacent to an activating group) is 1. The fourth-order valence-electron chi connectivity index (χ4n) is 2.71. The maximum absolute atomic E-state index is 4.46. The van der Waals surface area contributed by atoms with E-state index in [1.807, 2.05) is 18.7 Å². The van der Waals surface area contributed by atoms with Crippen LogP contribution in [0.3, 0.4) is 0 Å². The van der Waals surface area contributed by atoms with Crippen molar-refractivity contribution in [3.05, 3.63) is 15.9 Å². The lowest BCUT2D eigenvalue weighted by Crippen LogP contribution is -2.54. The average molecular weight is 315 g/mol. The third-order valence-electron chi connectivity index (χ3n) is 4.07. The van der Waals surface area contributed by atoms with E-state index in [1.54, 1.807) is 0 Å². The van der Waals surface area contributed by atoms with Crippen LogP contribution >= 0.6 is 15.9 Å². The molecule has 1 fully saturated rings. The monoisotopic (exact) mass is 314 g/mol. The van der Waals surface area contributed by atoms with Gasteiger partial charge in [-0.3, -0.25) is 14.5 Å². The second-order valence-electron chi connectivity index (χ2n) is 5.53. The van der Waals surface area contributed by atoms with E-state index in [0.29, 0.717) is 12.1 Å². The summed E-state index contributed by atoms with van der Waals surface area (Å²) in [5.41, 5.74) is 2.35. The fraction of sp³-hybridized carbons (Fsp3) is 0.769. The summed E-state index contributed by atoms with van der Waals surface area (Å²) < 4.78 is 3.15. The third-order valence-corrected chi connectivity index (χ3v) is 5.10. The van der Waals surface area contributed by atoms with Gasteiger partial charge in [-0.15, -0.1) is 0 Å². The highest BCUT2D eigenvalue weighted by molar-refractivity contribution is 9.10. The molecule has 2 atom stereocenters. The van der Waals surface area contributed by atoms with Gasteiger partial charge in [0.25, 0.3) is 0 Å². The van der Waals surface area contributed by atoms with Crippen LogP contribution in [0.25, 0.3) is 0 Å². The Morgan fingerprint density at radius 2 is 1.78 bits per heavy atom. The van der Waals surface area contributed by atoms with Crippen molar-refractivity contribution in [1.29, 1.82) is 0 Å². The van der Waals surface area contributed by atoms with Crippen LogP contribution in [0.15, 0.2) is 4.47 Å². The van der Waals surface area contributed by atoms with E-state index in [4.69, 9.17) is 0 Å². The van der Waals surface area contributed by atoms with Gasteiger partial charge in [-0.25, -0.2) is 0 Å². The minimum Gasteiger partial charge on any atom is -0.298 e. The zero-order valence-corrected chi connectivity index (χ0v) is 13.5. The number of aromatic nitrogens is 2. The number of piperazine rings is 1. The van der Waals surface area contributed by atoms with Gasteiger partial charge in [-0.05, 0) is 43.7 Å². The first-order chi connectivity index (χ1) is 8.40. The summed E-state index contributed by atoms with van der Waals surface area (Å²) in [6.07, 6.45) is 0. The predicted molar refractivity (Wildman–Crippen MR) is 77.6 cm³/mol. The standard InChI is InChI=1S/C13H23BrN4/c1-9-6-18(7-10(2)16(9)4)8-12-13(14)11(3)15-17(12)5/h9-10H,6-8H2,1-5H3. The first-order valence-electron chi connectivity index (χ1n) is 6.52. The minimum absolute atomic E-state index is 0.613. The lowest BCUT2D eigenvalue weighted by molar-refractivity contribution is 0.0541. The molecule has 102 valence electrons. The highest BCUT2D eigenvalue weighted by Gasteiger charge is 2.27. The number of nitrogens with zero attached hydrogens (tertiary/aromatic N) is 4. The van der Waals surface area contributed by atoms with Crippen LogP contribution in [0, 0.1) is 6.92 Å². The maximum Gasteiger partial charge on any atom is 0.0739 e. The number of hydrogen-bond acceptors (Lipinski definition) is 3. The van der Waals surface area contributed by atoms with Gasteiger partial charge in [0, 0.05) is 38.8 Å². The summed E-state index contributed by atoms with van der Waals surface area (Å²) in [6.45, 7) is 9.86. The molecule has 0 amide bonds. The van der Waals surface area contributed by atoms with Crippen LogP contribution in [0.4, 0.5) is 0 Å². The fourth-order valence-corrected chi connectivity index (χ4v) is 3.17. The van der Waals surface area contributed by atoms with Crippen molar-refractivity contribution in [2.75, 3.05) is 20.1 Å². The van der Waals surface area contributed by atoms with E-state index >= 15 is 0 Å². The summed E-state index contributed by atoms with van der Waals surface area (Å²) in [6, 6.07) is 1.23. The summed E-state index contributed by atoms with van der Waals surface area (Å²) in [5, 5.41) is 4.46. The van der Waals surface area contributed by atoms with Crippen molar-refractivity contribution in [3.8, 4) is 0 Å². The van der Waals surface area contributed by atoms with E-state index in [0.717, 1.165) is 29.8 Å². The Labute approximate surface area is 118 Å². The van der Waals surface area contributed by atoms with Crippen LogP contribution in [0.5, 0.6) is 0 Å². The minimum atomic E-state index is 0.613. The highest BCUT2D eigenvalue weighted by atomic mass is 79.9. The molecule has 0 aliphatic carbocycles. The van der Waals surface area contributed by atoms with Gasteiger partial charge in [0.1, 0.15) is 0 Å². The number of hydrogen-bond donors (Lipinski definition) is 0. The van der Waals surface area contributed by atoms with E-state index in [-0.39, 0.29) is 0 Å². The van der Waals surface area contributed by atoms with E-state index in [9.17, 15) is 0 Å². The quantitative estimate of drug-likeness (QED) is 0.834. The van der Waals surface area contributed by atoms with Crippen molar-refractivity contribution < 1.29 is 0 Å². The Bertz CT molecular complexity index is 417. The predicted octanol–water partition coefficient (Wildman–Crippen LogP) is 2.02. The molecule has 0 N–H and O–H groups in total. The highest BCUT2D eigenvalue weighted by Crippen LogP contribution is 2.23. The molecule has 0 saturated carbocycles. The summed E-state index contributed by atoms with van der Waals surface area (Å²) in [7, 11) is 4.24. The number of halogens is 1. The lowest BCUT2D eigenvalue weighted by Gasteiger charge is -2.42. The topological polar surface area (TPSA) is 24.3 Å². The normalized spacial score (nSPS) is 26.8. The molecule has 0 aromatic carbocycles. The Morgan fingerprint density at radius 1 is 1.22 bits per heavy atom. The van der Waals surface area contributed by atoms with Gasteiger partial charge in [0.2, 0.25) is 0 Å². The number of aryl methyl sites for hydroxylation is 2. The molecular weight excluding hydrogens is 292 g/mol. The van der Waals surface area contributed by atoms with Crippen LogP contribution in [-0.2, 0) is 13.6 Å². The van der Waals surface area contributed by atoms with E-state index < -0.39 is 0 Å². The average Bonchev–Trinajstić information content (AvgIpc) is 2.53. The molecule has 1 aliphatic heterocycles. The van der Waals surface area contributed by atoms with Gasteiger partial charge in [0.05, 0.1) is 15.9 Å². The summed E-state index contributed by atoms with van der Waals surface area (Å²) in [4.78, 5) is 4.98. The van der Waals surface area contributed by atoms with Crippen LogP contribution < -0.4 is 0 Å². The van der Waals surface area contributed by atoms with Crippen molar-refractivity contribution in [1.82, 2.24) is 19.6 Å². The van der Waals surface area contributed by atoms with Gasteiger partial charge < -0.3 is 0 Å². The first kappa shape index (κ1) is 14.0. The largest absolute Gasteiger partial charge is 0.298 e. The zero-order chi connectivity index (χ0) is 13.4. The molecule has 1 aromatic heterocycles. The molecule has 5 heteroatoms. The molecule has 1 saturated heterocycles. The first-order valence-corrected chi connectivity index (χ1v) is 7.31. The van der Waals surface area contributed by atoms with Gasteiger partial charge in [0.15, 0.2) is 0 Å². The summed E-state index contributed by atoms with van der Waals surface area (Å²) in [5.74, 6) is 0. The van der Waals surface area contributed by atoms with Crippen molar-refractivity contribution in [2.45, 2.75) is 39.4 Å².